The molecule has 0 atom stereocenters. The van der Waals surface area contributed by atoms with Gasteiger partial charge in [-0.1, -0.05) is 102 Å². The van der Waals surface area contributed by atoms with Crippen LogP contribution in [0.4, 0.5) is 5.69 Å². The summed E-state index contributed by atoms with van der Waals surface area (Å²) in [6.45, 7) is 2.88. The van der Waals surface area contributed by atoms with Crippen LogP contribution in [-0.4, -0.2) is 21.0 Å². The molecule has 0 spiro atoms. The fraction of sp³-hybridized carbons (Fsp3) is 0.115. The highest BCUT2D eigenvalue weighted by atomic mass is 32.2. The number of hydrogen-bond acceptors (Lipinski definition) is 4. The highest BCUT2D eigenvalue weighted by Gasteiger charge is 2.41. The Morgan fingerprint density at radius 2 is 1.38 bits per heavy atom. The lowest BCUT2D eigenvalue weighted by Crippen LogP contribution is -2.29. The zero-order chi connectivity index (χ0) is 22.2. The molecule has 1 fully saturated rings. The maximum Gasteiger partial charge on any atom is 0.267 e. The van der Waals surface area contributed by atoms with Gasteiger partial charge in [-0.3, -0.25) is 14.5 Å². The summed E-state index contributed by atoms with van der Waals surface area (Å²) in [6, 6.07) is 25.5. The zero-order valence-corrected chi connectivity index (χ0v) is 19.1. The number of fused-ring (bicyclic) bond motifs is 1. The topological polar surface area (TPSA) is 40.6 Å². The second kappa shape index (κ2) is 8.37. The number of para-hydroxylation sites is 1. The molecule has 0 bridgehead atoms. The average Bonchev–Trinajstić information content (AvgIpc) is 3.23. The molecule has 2 aliphatic heterocycles. The smallest absolute Gasteiger partial charge is 0.267 e. The van der Waals surface area contributed by atoms with Crippen LogP contribution in [0.5, 0.6) is 0 Å². The highest BCUT2D eigenvalue weighted by molar-refractivity contribution is 8.26. The first-order chi connectivity index (χ1) is 15.5. The van der Waals surface area contributed by atoms with Gasteiger partial charge >= 0.3 is 0 Å². The molecule has 0 N–H and O–H groups in total. The summed E-state index contributed by atoms with van der Waals surface area (Å²) in [5, 5.41) is 0. The van der Waals surface area contributed by atoms with E-state index in [0.717, 1.165) is 22.4 Å². The minimum Gasteiger partial charge on any atom is -0.303 e. The Morgan fingerprint density at radius 1 is 0.750 bits per heavy atom. The fourth-order valence-corrected chi connectivity index (χ4v) is 5.31. The lowest BCUT2D eigenvalue weighted by Gasteiger charge is -2.17. The van der Waals surface area contributed by atoms with Crippen LogP contribution < -0.4 is 4.90 Å². The number of thioether (sulfide) groups is 1. The van der Waals surface area contributed by atoms with Gasteiger partial charge in [0.1, 0.15) is 4.32 Å². The molecule has 3 aromatic carbocycles. The molecule has 1 saturated heterocycles. The lowest BCUT2D eigenvalue weighted by molar-refractivity contribution is -0.122. The maximum atomic E-state index is 13.6. The van der Waals surface area contributed by atoms with Crippen LogP contribution in [-0.2, 0) is 22.7 Å². The Balaban J connectivity index is 1.51. The quantitative estimate of drug-likeness (QED) is 0.394. The molecule has 2 heterocycles. The van der Waals surface area contributed by atoms with E-state index >= 15 is 0 Å². The van der Waals surface area contributed by atoms with Crippen molar-refractivity contribution in [1.29, 1.82) is 0 Å². The molecule has 0 saturated carbocycles. The van der Waals surface area contributed by atoms with Crippen LogP contribution in [0, 0.1) is 6.92 Å². The van der Waals surface area contributed by atoms with Crippen molar-refractivity contribution < 1.29 is 9.59 Å². The minimum atomic E-state index is -0.209. The normalized spacial score (nSPS) is 18.0. The van der Waals surface area contributed by atoms with Gasteiger partial charge in [-0.05, 0) is 24.1 Å². The Hall–Kier alpha value is -3.22. The van der Waals surface area contributed by atoms with Crippen LogP contribution in [0.1, 0.15) is 22.3 Å². The van der Waals surface area contributed by atoms with Crippen molar-refractivity contribution >= 4 is 51.4 Å². The van der Waals surface area contributed by atoms with E-state index in [-0.39, 0.29) is 11.8 Å². The number of hydrogen-bond donors (Lipinski definition) is 0. The fourth-order valence-electron chi connectivity index (χ4n) is 3.98. The first-order valence-corrected chi connectivity index (χ1v) is 11.5. The molecule has 32 heavy (non-hydrogen) atoms. The third-order valence-electron chi connectivity index (χ3n) is 5.64. The maximum absolute atomic E-state index is 13.6. The number of carbonyl (C=O) groups excluding carboxylic acids is 2. The van der Waals surface area contributed by atoms with Gasteiger partial charge in [-0.15, -0.1) is 0 Å². The van der Waals surface area contributed by atoms with Crippen LogP contribution in [0.25, 0.3) is 5.57 Å². The predicted octanol–water partition coefficient (Wildman–Crippen LogP) is 5.31. The van der Waals surface area contributed by atoms with E-state index in [1.807, 2.05) is 85.8 Å². The third-order valence-corrected chi connectivity index (χ3v) is 7.09. The van der Waals surface area contributed by atoms with Crippen molar-refractivity contribution in [1.82, 2.24) is 4.90 Å². The molecule has 0 aromatic heterocycles. The minimum absolute atomic E-state index is 0.160. The molecule has 6 heteroatoms. The van der Waals surface area contributed by atoms with Crippen molar-refractivity contribution in [3.63, 3.8) is 0 Å². The van der Waals surface area contributed by atoms with Gasteiger partial charge in [0.25, 0.3) is 11.8 Å². The Kier molecular flexibility index (Phi) is 5.41. The first-order valence-electron chi connectivity index (χ1n) is 10.3. The number of aryl methyl sites for hydroxylation is 1. The largest absolute Gasteiger partial charge is 0.303 e. The molecular formula is C26H20N2O2S2. The van der Waals surface area contributed by atoms with Crippen LogP contribution >= 0.6 is 24.0 Å². The van der Waals surface area contributed by atoms with Crippen LogP contribution in [0.3, 0.4) is 0 Å². The molecular weight excluding hydrogens is 436 g/mol. The summed E-state index contributed by atoms with van der Waals surface area (Å²) in [5.41, 5.74) is 5.25. The Bertz CT molecular complexity index is 1270. The molecule has 3 aromatic rings. The van der Waals surface area contributed by atoms with Crippen LogP contribution in [0.15, 0.2) is 83.8 Å². The molecule has 0 aliphatic carbocycles. The summed E-state index contributed by atoms with van der Waals surface area (Å²) in [7, 11) is 0. The van der Waals surface area contributed by atoms with E-state index in [4.69, 9.17) is 12.2 Å². The van der Waals surface area contributed by atoms with E-state index in [2.05, 4.69) is 0 Å². The monoisotopic (exact) mass is 456 g/mol. The van der Waals surface area contributed by atoms with E-state index in [1.54, 1.807) is 9.80 Å². The molecule has 5 rings (SSSR count). The van der Waals surface area contributed by atoms with Gasteiger partial charge < -0.3 is 4.90 Å². The van der Waals surface area contributed by atoms with Gasteiger partial charge in [0, 0.05) is 5.56 Å². The second-order valence-electron chi connectivity index (χ2n) is 7.84. The zero-order valence-electron chi connectivity index (χ0n) is 17.4. The number of amides is 2. The SMILES string of the molecule is Cc1ccc(CN2C(=O)/C(=C3/SC(=S)N(Cc4ccccc4)C3=O)c3ccccc32)cc1. The van der Waals surface area contributed by atoms with Gasteiger partial charge in [0.15, 0.2) is 0 Å². The molecule has 2 aliphatic rings. The second-order valence-corrected chi connectivity index (χ2v) is 9.49. The van der Waals surface area contributed by atoms with Crippen molar-refractivity contribution in [3.8, 4) is 0 Å². The van der Waals surface area contributed by atoms with E-state index < -0.39 is 0 Å². The summed E-state index contributed by atoms with van der Waals surface area (Å²) >= 11 is 6.74. The Labute approximate surface area is 196 Å². The van der Waals surface area contributed by atoms with E-state index in [0.29, 0.717) is 27.9 Å². The summed E-state index contributed by atoms with van der Waals surface area (Å²) in [4.78, 5) is 30.7. The van der Waals surface area contributed by atoms with Gasteiger partial charge in [0.2, 0.25) is 0 Å². The van der Waals surface area contributed by atoms with Crippen molar-refractivity contribution in [3.05, 3.63) is 106 Å². The number of thiocarbonyl (C=S) groups is 1. The third kappa shape index (κ3) is 3.66. The number of anilines is 1. The summed E-state index contributed by atoms with van der Waals surface area (Å²) < 4.78 is 0.476. The molecule has 2 amide bonds. The molecule has 158 valence electrons. The molecule has 0 radical (unpaired) electrons. The lowest BCUT2D eigenvalue weighted by atomic mass is 10.1. The molecule has 0 unspecified atom stereocenters. The first kappa shape index (κ1) is 20.7. The number of benzene rings is 3. The van der Waals surface area contributed by atoms with Crippen molar-refractivity contribution in [2.75, 3.05) is 4.90 Å². The Morgan fingerprint density at radius 3 is 2.12 bits per heavy atom. The number of rotatable bonds is 4. The number of carbonyl (C=O) groups is 2. The van der Waals surface area contributed by atoms with Gasteiger partial charge in [-0.2, -0.15) is 0 Å². The van der Waals surface area contributed by atoms with Crippen molar-refractivity contribution in [2.45, 2.75) is 20.0 Å². The van der Waals surface area contributed by atoms with Crippen molar-refractivity contribution in [2.24, 2.45) is 0 Å². The van der Waals surface area contributed by atoms with E-state index in [9.17, 15) is 9.59 Å². The summed E-state index contributed by atoms with van der Waals surface area (Å²) in [5.74, 6) is -0.369. The standard InChI is InChI=1S/C26H20N2O2S2/c1-17-11-13-19(14-12-17)15-27-21-10-6-5-9-20(21)22(24(27)29)23-25(30)28(26(31)32-23)16-18-7-3-2-4-8-18/h2-14H,15-16H2,1H3/b23-22+. The van der Waals surface area contributed by atoms with Gasteiger partial charge in [-0.25, -0.2) is 0 Å². The predicted molar refractivity (Wildman–Crippen MR) is 133 cm³/mol. The van der Waals surface area contributed by atoms with E-state index in [1.165, 1.54) is 17.3 Å². The van der Waals surface area contributed by atoms with Crippen LogP contribution in [0.2, 0.25) is 0 Å². The number of nitrogens with zero attached hydrogens (tertiary/aromatic N) is 2. The molecule has 4 nitrogen and oxygen atoms in total. The summed E-state index contributed by atoms with van der Waals surface area (Å²) in [6.07, 6.45) is 0. The highest BCUT2D eigenvalue weighted by Crippen LogP contribution is 2.45. The average molecular weight is 457 g/mol. The van der Waals surface area contributed by atoms with Gasteiger partial charge in [0.05, 0.1) is 29.3 Å².